The van der Waals surface area contributed by atoms with Gasteiger partial charge in [0.1, 0.15) is 11.6 Å². The number of hydrogen-bond acceptors (Lipinski definition) is 6. The SMILES string of the molecule is CN(c1cccnc1)c1cc(Nc2ccc(F)c(NC(=O)N3CCC3)c2)ncc1C(N)=O. The van der Waals surface area contributed by atoms with Gasteiger partial charge in [0, 0.05) is 44.3 Å². The second-order valence-electron chi connectivity index (χ2n) is 7.31. The number of aromatic nitrogens is 2. The highest BCUT2D eigenvalue weighted by Crippen LogP contribution is 2.30. The van der Waals surface area contributed by atoms with E-state index in [1.54, 1.807) is 41.4 Å². The number of urea groups is 1. The zero-order valence-electron chi connectivity index (χ0n) is 17.4. The maximum Gasteiger partial charge on any atom is 0.321 e. The first-order valence-corrected chi connectivity index (χ1v) is 9.98. The number of nitrogens with one attached hydrogen (secondary N) is 2. The van der Waals surface area contributed by atoms with E-state index in [2.05, 4.69) is 20.6 Å². The summed E-state index contributed by atoms with van der Waals surface area (Å²) in [7, 11) is 1.78. The normalized spacial score (nSPS) is 12.6. The lowest BCUT2D eigenvalue weighted by Crippen LogP contribution is -2.44. The van der Waals surface area contributed by atoms with Crippen LogP contribution in [0.5, 0.6) is 0 Å². The predicted molar refractivity (Wildman–Crippen MR) is 120 cm³/mol. The van der Waals surface area contributed by atoms with Gasteiger partial charge in [-0.2, -0.15) is 0 Å². The predicted octanol–water partition coefficient (Wildman–Crippen LogP) is 3.46. The Morgan fingerprint density at radius 2 is 2.00 bits per heavy atom. The molecule has 1 aromatic carbocycles. The Bertz CT molecular complexity index is 1150. The second kappa shape index (κ2) is 8.88. The summed E-state index contributed by atoms with van der Waals surface area (Å²) in [5.74, 6) is -0.751. The minimum absolute atomic E-state index is 0.0633. The van der Waals surface area contributed by atoms with Crippen LogP contribution in [0.2, 0.25) is 0 Å². The van der Waals surface area contributed by atoms with Gasteiger partial charge in [-0.3, -0.25) is 9.78 Å². The van der Waals surface area contributed by atoms with Gasteiger partial charge in [0.2, 0.25) is 0 Å². The maximum atomic E-state index is 14.2. The lowest BCUT2D eigenvalue weighted by atomic mass is 10.2. The van der Waals surface area contributed by atoms with Crippen LogP contribution < -0.4 is 21.3 Å². The van der Waals surface area contributed by atoms with Gasteiger partial charge in [-0.05, 0) is 36.8 Å². The molecule has 1 fully saturated rings. The summed E-state index contributed by atoms with van der Waals surface area (Å²) >= 11 is 0. The molecule has 0 radical (unpaired) electrons. The van der Waals surface area contributed by atoms with Gasteiger partial charge in [-0.1, -0.05) is 0 Å². The number of nitrogens with two attached hydrogens (primary N) is 1. The molecular weight excluding hydrogens is 413 g/mol. The Hall–Kier alpha value is -4.21. The molecular formula is C22H22FN7O2. The highest BCUT2D eigenvalue weighted by molar-refractivity contribution is 5.99. The van der Waals surface area contributed by atoms with E-state index in [1.165, 1.54) is 24.4 Å². The third-order valence-electron chi connectivity index (χ3n) is 5.17. The van der Waals surface area contributed by atoms with Gasteiger partial charge in [0.05, 0.1) is 28.8 Å². The Morgan fingerprint density at radius 3 is 2.66 bits per heavy atom. The number of primary amides is 1. The number of rotatable bonds is 6. The Balaban J connectivity index is 1.60. The van der Waals surface area contributed by atoms with Crippen molar-refractivity contribution >= 4 is 40.5 Å². The summed E-state index contributed by atoms with van der Waals surface area (Å²) in [4.78, 5) is 35.8. The van der Waals surface area contributed by atoms with Crippen molar-refractivity contribution in [3.63, 3.8) is 0 Å². The average molecular weight is 435 g/mol. The second-order valence-corrected chi connectivity index (χ2v) is 7.31. The van der Waals surface area contributed by atoms with E-state index in [0.29, 0.717) is 30.3 Å². The number of anilines is 5. The van der Waals surface area contributed by atoms with E-state index < -0.39 is 11.7 Å². The fourth-order valence-electron chi connectivity index (χ4n) is 3.23. The molecule has 1 saturated heterocycles. The number of amides is 3. The minimum atomic E-state index is -0.618. The van der Waals surface area contributed by atoms with Crippen LogP contribution in [0.3, 0.4) is 0 Å². The van der Waals surface area contributed by atoms with E-state index in [9.17, 15) is 14.0 Å². The summed E-state index contributed by atoms with van der Waals surface area (Å²) in [6, 6.07) is 9.23. The van der Waals surface area contributed by atoms with E-state index in [-0.39, 0.29) is 17.3 Å². The number of pyridine rings is 2. The number of halogens is 1. The fourth-order valence-corrected chi connectivity index (χ4v) is 3.23. The monoisotopic (exact) mass is 435 g/mol. The molecule has 0 aliphatic carbocycles. The van der Waals surface area contributed by atoms with E-state index in [4.69, 9.17) is 5.73 Å². The van der Waals surface area contributed by atoms with Gasteiger partial charge in [0.25, 0.3) is 5.91 Å². The summed E-state index contributed by atoms with van der Waals surface area (Å²) in [5.41, 5.74) is 7.62. The van der Waals surface area contributed by atoms with Gasteiger partial charge < -0.3 is 26.2 Å². The third-order valence-corrected chi connectivity index (χ3v) is 5.17. The van der Waals surface area contributed by atoms with Crippen LogP contribution in [0, 0.1) is 5.82 Å². The molecule has 0 spiro atoms. The number of carbonyl (C=O) groups is 2. The molecule has 3 heterocycles. The fraction of sp³-hybridized carbons (Fsp3) is 0.182. The smallest absolute Gasteiger partial charge is 0.321 e. The maximum absolute atomic E-state index is 14.2. The average Bonchev–Trinajstić information content (AvgIpc) is 2.74. The number of nitrogens with zero attached hydrogens (tertiary/aromatic N) is 4. The van der Waals surface area contributed by atoms with Crippen LogP contribution in [0.4, 0.5) is 37.8 Å². The first kappa shape index (κ1) is 21.0. The van der Waals surface area contributed by atoms with E-state index in [0.717, 1.165) is 12.1 Å². The lowest BCUT2D eigenvalue weighted by molar-refractivity contribution is 0.100. The van der Waals surface area contributed by atoms with Crippen molar-refractivity contribution in [2.75, 3.05) is 35.7 Å². The van der Waals surface area contributed by atoms with Crippen molar-refractivity contribution in [2.45, 2.75) is 6.42 Å². The summed E-state index contributed by atoms with van der Waals surface area (Å²) in [6.07, 6.45) is 5.63. The van der Waals surface area contributed by atoms with Crippen molar-refractivity contribution in [1.29, 1.82) is 0 Å². The number of benzene rings is 1. The molecule has 0 unspecified atom stereocenters. The molecule has 164 valence electrons. The molecule has 0 atom stereocenters. The van der Waals surface area contributed by atoms with Crippen molar-refractivity contribution in [1.82, 2.24) is 14.9 Å². The largest absolute Gasteiger partial charge is 0.365 e. The van der Waals surface area contributed by atoms with E-state index >= 15 is 0 Å². The van der Waals surface area contributed by atoms with Crippen LogP contribution >= 0.6 is 0 Å². The van der Waals surface area contributed by atoms with Crippen molar-refractivity contribution < 1.29 is 14.0 Å². The standard InChI is InChI=1S/C22H22FN7O2/c1-29(15-4-2-7-25-12-15)19-11-20(26-13-16(19)21(24)31)27-14-5-6-17(23)18(10-14)28-22(32)30-8-3-9-30/h2,4-7,10-13H,3,8-9H2,1H3,(H2,24,31)(H,26,27)(H,28,32). The molecule has 3 amide bonds. The lowest BCUT2D eigenvalue weighted by Gasteiger charge is -2.30. The molecule has 4 N–H and O–H groups in total. The van der Waals surface area contributed by atoms with Crippen molar-refractivity contribution in [2.24, 2.45) is 5.73 Å². The minimum Gasteiger partial charge on any atom is -0.365 e. The molecule has 1 aliphatic rings. The van der Waals surface area contributed by atoms with Crippen LogP contribution in [0.25, 0.3) is 0 Å². The highest BCUT2D eigenvalue weighted by atomic mass is 19.1. The van der Waals surface area contributed by atoms with Gasteiger partial charge >= 0.3 is 6.03 Å². The third kappa shape index (κ3) is 4.43. The molecule has 4 rings (SSSR count). The summed E-state index contributed by atoms with van der Waals surface area (Å²) < 4.78 is 14.2. The number of carbonyl (C=O) groups excluding carboxylic acids is 2. The number of likely N-dealkylation sites (tertiary alicyclic amines) is 1. The van der Waals surface area contributed by atoms with Crippen molar-refractivity contribution in [3.05, 3.63) is 66.4 Å². The molecule has 2 aromatic heterocycles. The van der Waals surface area contributed by atoms with Gasteiger partial charge in [-0.25, -0.2) is 14.2 Å². The van der Waals surface area contributed by atoms with Crippen LogP contribution in [-0.2, 0) is 0 Å². The van der Waals surface area contributed by atoms with Crippen LogP contribution in [0.1, 0.15) is 16.8 Å². The zero-order valence-corrected chi connectivity index (χ0v) is 17.4. The molecule has 32 heavy (non-hydrogen) atoms. The van der Waals surface area contributed by atoms with Crippen LogP contribution in [-0.4, -0.2) is 46.9 Å². The Labute approximate surface area is 184 Å². The summed E-state index contributed by atoms with van der Waals surface area (Å²) in [5, 5.41) is 5.67. The first-order chi connectivity index (χ1) is 15.4. The Kier molecular flexibility index (Phi) is 5.84. The molecule has 3 aromatic rings. The molecule has 9 nitrogen and oxygen atoms in total. The summed E-state index contributed by atoms with van der Waals surface area (Å²) in [6.45, 7) is 1.32. The quantitative estimate of drug-likeness (QED) is 0.546. The zero-order chi connectivity index (χ0) is 22.7. The first-order valence-electron chi connectivity index (χ1n) is 9.98. The molecule has 0 saturated carbocycles. The molecule has 10 heteroatoms. The number of hydrogen-bond donors (Lipinski definition) is 3. The van der Waals surface area contributed by atoms with Gasteiger partial charge in [-0.15, -0.1) is 0 Å². The topological polar surface area (TPSA) is 116 Å². The molecule has 0 bridgehead atoms. The molecule has 1 aliphatic heterocycles. The van der Waals surface area contributed by atoms with Gasteiger partial charge in [0.15, 0.2) is 0 Å². The highest BCUT2D eigenvalue weighted by Gasteiger charge is 2.21. The van der Waals surface area contributed by atoms with Crippen molar-refractivity contribution in [3.8, 4) is 0 Å². The van der Waals surface area contributed by atoms with E-state index in [1.807, 2.05) is 6.07 Å². The Morgan fingerprint density at radius 1 is 1.19 bits per heavy atom. The van der Waals surface area contributed by atoms with Crippen LogP contribution in [0.15, 0.2) is 55.0 Å².